The van der Waals surface area contributed by atoms with Crippen molar-refractivity contribution < 1.29 is 21.6 Å². The summed E-state index contributed by atoms with van der Waals surface area (Å²) in [6, 6.07) is 7.69. The Bertz CT molecular complexity index is 903. The van der Waals surface area contributed by atoms with E-state index in [2.05, 4.69) is 16.0 Å². The summed E-state index contributed by atoms with van der Waals surface area (Å²) < 4.78 is 64.1. The summed E-state index contributed by atoms with van der Waals surface area (Å²) >= 11 is 0. The van der Waals surface area contributed by atoms with Crippen molar-refractivity contribution in [1.29, 1.82) is 0 Å². The van der Waals surface area contributed by atoms with E-state index in [4.69, 9.17) is 0 Å². The van der Waals surface area contributed by atoms with Gasteiger partial charge in [0.1, 0.15) is 6.04 Å². The zero-order chi connectivity index (χ0) is 21.1. The number of benzene rings is 1. The van der Waals surface area contributed by atoms with E-state index in [1.807, 2.05) is 12.3 Å². The van der Waals surface area contributed by atoms with Gasteiger partial charge < -0.3 is 0 Å². The molecular weight excluding hydrogens is 403 g/mol. The van der Waals surface area contributed by atoms with Crippen LogP contribution >= 0.6 is 0 Å². The van der Waals surface area contributed by atoms with E-state index in [0.29, 0.717) is 12.5 Å². The number of halogens is 3. The number of nitrogens with zero attached hydrogens (tertiary/aromatic N) is 2. The first-order valence-electron chi connectivity index (χ1n) is 9.37. The van der Waals surface area contributed by atoms with Crippen LogP contribution in [-0.2, 0) is 16.6 Å². The van der Waals surface area contributed by atoms with Crippen LogP contribution in [0.1, 0.15) is 41.5 Å². The first-order chi connectivity index (χ1) is 13.6. The van der Waals surface area contributed by atoms with Crippen molar-refractivity contribution in [3.63, 3.8) is 0 Å². The number of sulfonamides is 1. The fourth-order valence-corrected chi connectivity index (χ4v) is 4.40. The van der Waals surface area contributed by atoms with Gasteiger partial charge in [-0.1, -0.05) is 30.3 Å². The highest BCUT2D eigenvalue weighted by Crippen LogP contribution is 2.33. The molecule has 1 aliphatic rings. The fraction of sp³-hybridized carbons (Fsp3) is 0.450. The highest BCUT2D eigenvalue weighted by Gasteiger charge is 2.42. The SMILES string of the molecule is CS(=O)(=O)N[C@@H](c1ccc(CN2CCCC(c3cccnc3)C2)cc1)C(F)(F)F. The lowest BCUT2D eigenvalue weighted by Crippen LogP contribution is -2.37. The summed E-state index contributed by atoms with van der Waals surface area (Å²) in [7, 11) is -4.00. The van der Waals surface area contributed by atoms with Crippen molar-refractivity contribution in [3.8, 4) is 0 Å². The van der Waals surface area contributed by atoms with Crippen LogP contribution in [0.15, 0.2) is 48.8 Å². The van der Waals surface area contributed by atoms with Gasteiger partial charge in [-0.2, -0.15) is 17.9 Å². The first-order valence-corrected chi connectivity index (χ1v) is 11.3. The maximum Gasteiger partial charge on any atom is 0.408 e. The van der Waals surface area contributed by atoms with Gasteiger partial charge in [-0.15, -0.1) is 0 Å². The molecule has 2 atom stereocenters. The third-order valence-electron chi connectivity index (χ3n) is 5.04. The van der Waals surface area contributed by atoms with E-state index in [1.165, 1.54) is 17.7 Å². The lowest BCUT2D eigenvalue weighted by Gasteiger charge is -2.33. The van der Waals surface area contributed by atoms with Gasteiger partial charge >= 0.3 is 6.18 Å². The molecule has 3 rings (SSSR count). The van der Waals surface area contributed by atoms with Crippen molar-refractivity contribution in [1.82, 2.24) is 14.6 Å². The largest absolute Gasteiger partial charge is 0.408 e. The molecule has 2 aromatic rings. The minimum Gasteiger partial charge on any atom is -0.298 e. The molecule has 0 radical (unpaired) electrons. The molecule has 1 N–H and O–H groups in total. The first kappa shape index (κ1) is 21.7. The fourth-order valence-electron chi connectivity index (χ4n) is 3.70. The Morgan fingerprint density at radius 1 is 1.24 bits per heavy atom. The molecule has 1 saturated heterocycles. The van der Waals surface area contributed by atoms with Gasteiger partial charge in [0, 0.05) is 25.5 Å². The van der Waals surface area contributed by atoms with Gasteiger partial charge in [-0.05, 0) is 48.1 Å². The zero-order valence-electron chi connectivity index (χ0n) is 16.1. The second kappa shape index (κ2) is 8.81. The Labute approximate surface area is 169 Å². The molecule has 0 aliphatic carbocycles. The summed E-state index contributed by atoms with van der Waals surface area (Å²) in [6.07, 6.45) is 1.77. The van der Waals surface area contributed by atoms with Crippen molar-refractivity contribution >= 4 is 10.0 Å². The molecular formula is C20H24F3N3O2S. The molecule has 158 valence electrons. The van der Waals surface area contributed by atoms with Crippen molar-refractivity contribution in [2.45, 2.75) is 37.5 Å². The molecule has 1 aromatic carbocycles. The number of likely N-dealkylation sites (tertiary alicyclic amines) is 1. The van der Waals surface area contributed by atoms with Crippen LogP contribution < -0.4 is 4.72 Å². The summed E-state index contributed by atoms with van der Waals surface area (Å²) in [5, 5.41) is 0. The van der Waals surface area contributed by atoms with Gasteiger partial charge in [0.05, 0.1) is 6.26 Å². The summed E-state index contributed by atoms with van der Waals surface area (Å²) in [5.74, 6) is 0.394. The number of aromatic nitrogens is 1. The average molecular weight is 427 g/mol. The topological polar surface area (TPSA) is 62.3 Å². The standard InChI is InChI=1S/C20H24F3N3O2S/c1-29(27,28)25-19(20(21,22)23)16-8-6-15(7-9-16)13-26-11-3-5-18(14-26)17-4-2-10-24-12-17/h2,4,6-10,12,18-19,25H,3,5,11,13-14H2,1H3/t18?,19-/m0/s1. The Hall–Kier alpha value is -1.97. The molecule has 9 heteroatoms. The zero-order valence-corrected chi connectivity index (χ0v) is 16.9. The van der Waals surface area contributed by atoms with Crippen LogP contribution in [0.25, 0.3) is 0 Å². The molecule has 2 heterocycles. The van der Waals surface area contributed by atoms with E-state index < -0.39 is 22.2 Å². The van der Waals surface area contributed by atoms with Gasteiger partial charge in [0.15, 0.2) is 0 Å². The Morgan fingerprint density at radius 3 is 2.55 bits per heavy atom. The van der Waals surface area contributed by atoms with Crippen molar-refractivity contribution in [2.75, 3.05) is 19.3 Å². The van der Waals surface area contributed by atoms with E-state index in [9.17, 15) is 21.6 Å². The smallest absolute Gasteiger partial charge is 0.298 e. The average Bonchev–Trinajstić information content (AvgIpc) is 2.66. The van der Waals surface area contributed by atoms with E-state index in [-0.39, 0.29) is 5.56 Å². The number of piperidine rings is 1. The normalized spacial score (nSPS) is 19.8. The summed E-state index contributed by atoms with van der Waals surface area (Å²) in [6.45, 7) is 2.43. The number of rotatable bonds is 6. The van der Waals surface area contributed by atoms with Crippen LogP contribution in [0, 0.1) is 0 Å². The number of hydrogen-bond donors (Lipinski definition) is 1. The Kier molecular flexibility index (Phi) is 6.60. The van der Waals surface area contributed by atoms with Gasteiger partial charge in [-0.3, -0.25) is 9.88 Å². The highest BCUT2D eigenvalue weighted by molar-refractivity contribution is 7.88. The summed E-state index contributed by atoms with van der Waals surface area (Å²) in [4.78, 5) is 6.46. The molecule has 1 aliphatic heterocycles. The second-order valence-electron chi connectivity index (χ2n) is 7.47. The monoisotopic (exact) mass is 427 g/mol. The predicted molar refractivity (Wildman–Crippen MR) is 105 cm³/mol. The minimum atomic E-state index is -4.71. The predicted octanol–water partition coefficient (Wildman–Crippen LogP) is 3.61. The molecule has 1 unspecified atom stereocenters. The van der Waals surface area contributed by atoms with Crippen LogP contribution in [0.4, 0.5) is 13.2 Å². The molecule has 0 spiro atoms. The lowest BCUT2D eigenvalue weighted by atomic mass is 9.91. The van der Waals surface area contributed by atoms with E-state index in [1.54, 1.807) is 23.1 Å². The number of hydrogen-bond acceptors (Lipinski definition) is 4. The molecule has 1 aromatic heterocycles. The number of nitrogens with one attached hydrogen (secondary N) is 1. The summed E-state index contributed by atoms with van der Waals surface area (Å²) in [5.41, 5.74) is 1.96. The number of pyridine rings is 1. The third kappa shape index (κ3) is 6.25. The van der Waals surface area contributed by atoms with Crippen LogP contribution in [0.5, 0.6) is 0 Å². The minimum absolute atomic E-state index is 0.126. The van der Waals surface area contributed by atoms with E-state index >= 15 is 0 Å². The van der Waals surface area contributed by atoms with Gasteiger partial charge in [0.25, 0.3) is 0 Å². The van der Waals surface area contributed by atoms with Crippen molar-refractivity contribution in [2.24, 2.45) is 0 Å². The third-order valence-corrected chi connectivity index (χ3v) is 5.70. The molecule has 0 amide bonds. The van der Waals surface area contributed by atoms with E-state index in [0.717, 1.165) is 37.8 Å². The van der Waals surface area contributed by atoms with Crippen LogP contribution in [-0.4, -0.2) is 43.8 Å². The Morgan fingerprint density at radius 2 is 1.97 bits per heavy atom. The molecule has 1 fully saturated rings. The second-order valence-corrected chi connectivity index (χ2v) is 9.25. The quantitative estimate of drug-likeness (QED) is 0.765. The molecule has 29 heavy (non-hydrogen) atoms. The van der Waals surface area contributed by atoms with Gasteiger partial charge in [0.2, 0.25) is 10.0 Å². The molecule has 0 bridgehead atoms. The van der Waals surface area contributed by atoms with Crippen LogP contribution in [0.2, 0.25) is 0 Å². The van der Waals surface area contributed by atoms with Crippen LogP contribution in [0.3, 0.4) is 0 Å². The van der Waals surface area contributed by atoms with Crippen molar-refractivity contribution in [3.05, 3.63) is 65.5 Å². The number of alkyl halides is 3. The van der Waals surface area contributed by atoms with Gasteiger partial charge in [-0.25, -0.2) is 8.42 Å². The lowest BCUT2D eigenvalue weighted by molar-refractivity contribution is -0.153. The molecule has 5 nitrogen and oxygen atoms in total. The Balaban J connectivity index is 1.68. The maximum absolute atomic E-state index is 13.3. The maximum atomic E-state index is 13.3. The molecule has 0 saturated carbocycles. The highest BCUT2D eigenvalue weighted by atomic mass is 32.2.